The Bertz CT molecular complexity index is 229. The van der Waals surface area contributed by atoms with Crippen molar-refractivity contribution in [3.8, 4) is 0 Å². The Morgan fingerprint density at radius 2 is 2.31 bits per heavy atom. The van der Waals surface area contributed by atoms with Crippen molar-refractivity contribution < 1.29 is 4.79 Å². The Labute approximate surface area is 80.2 Å². The van der Waals surface area contributed by atoms with Crippen LogP contribution in [0.25, 0.3) is 0 Å². The lowest BCUT2D eigenvalue weighted by atomic mass is 9.68. The number of fused-ring (bicyclic) bond motifs is 1. The first-order valence-corrected chi connectivity index (χ1v) is 5.47. The molecule has 0 bridgehead atoms. The predicted octanol–water partition coefficient (Wildman–Crippen LogP) is 2.96. The Hall–Kier alpha value is -0.590. The largest absolute Gasteiger partial charge is 0.303 e. The van der Waals surface area contributed by atoms with Gasteiger partial charge in [0.15, 0.2) is 0 Å². The van der Waals surface area contributed by atoms with Crippen molar-refractivity contribution in [2.75, 3.05) is 0 Å². The van der Waals surface area contributed by atoms with Gasteiger partial charge in [0.05, 0.1) is 0 Å². The van der Waals surface area contributed by atoms with Gasteiger partial charge in [-0.2, -0.15) is 0 Å². The molecule has 0 radical (unpaired) electrons. The Kier molecular flexibility index (Phi) is 2.52. The predicted molar refractivity (Wildman–Crippen MR) is 53.4 cm³/mol. The van der Waals surface area contributed by atoms with Crippen LogP contribution in [0.3, 0.4) is 0 Å². The van der Waals surface area contributed by atoms with E-state index in [0.717, 1.165) is 6.42 Å². The minimum absolute atomic E-state index is 0.320. The number of allylic oxidation sites excluding steroid dienone is 2. The van der Waals surface area contributed by atoms with E-state index in [2.05, 4.69) is 13.0 Å². The zero-order chi connectivity index (χ0) is 9.26. The van der Waals surface area contributed by atoms with Crippen LogP contribution in [0.1, 0.15) is 39.0 Å². The fraction of sp³-hybridized carbons (Fsp3) is 0.750. The molecule has 1 saturated carbocycles. The third kappa shape index (κ3) is 1.56. The van der Waals surface area contributed by atoms with Crippen LogP contribution in [0, 0.1) is 17.8 Å². The highest BCUT2D eigenvalue weighted by atomic mass is 16.1. The van der Waals surface area contributed by atoms with E-state index in [1.54, 1.807) is 5.57 Å². The molecule has 72 valence electrons. The van der Waals surface area contributed by atoms with Crippen molar-refractivity contribution in [2.24, 2.45) is 17.8 Å². The molecule has 0 heterocycles. The van der Waals surface area contributed by atoms with Gasteiger partial charge in [-0.3, -0.25) is 0 Å². The number of carbonyl (C=O) groups is 1. The molecular weight excluding hydrogens is 160 g/mol. The van der Waals surface area contributed by atoms with Gasteiger partial charge >= 0.3 is 0 Å². The van der Waals surface area contributed by atoms with Crippen molar-refractivity contribution >= 4 is 6.29 Å². The Morgan fingerprint density at radius 1 is 1.46 bits per heavy atom. The van der Waals surface area contributed by atoms with Gasteiger partial charge in [-0.25, -0.2) is 0 Å². The molecule has 3 unspecified atom stereocenters. The van der Waals surface area contributed by atoms with Crippen molar-refractivity contribution in [3.63, 3.8) is 0 Å². The van der Waals surface area contributed by atoms with Crippen LogP contribution in [0.5, 0.6) is 0 Å². The lowest BCUT2D eigenvalue weighted by molar-refractivity contribution is -0.114. The molecular formula is C12H18O. The lowest BCUT2D eigenvalue weighted by Gasteiger charge is -2.36. The summed E-state index contributed by atoms with van der Waals surface area (Å²) >= 11 is 0. The molecule has 1 nitrogen and oxygen atoms in total. The maximum atomic E-state index is 11.0. The van der Waals surface area contributed by atoms with Gasteiger partial charge in [0.25, 0.3) is 0 Å². The fourth-order valence-electron chi connectivity index (χ4n) is 2.88. The Morgan fingerprint density at radius 3 is 3.08 bits per heavy atom. The minimum Gasteiger partial charge on any atom is -0.303 e. The number of rotatable bonds is 1. The number of carbonyl (C=O) groups excluding carboxylic acids is 1. The maximum Gasteiger partial charge on any atom is 0.123 e. The molecule has 0 aromatic carbocycles. The van der Waals surface area contributed by atoms with E-state index in [4.69, 9.17) is 0 Å². The van der Waals surface area contributed by atoms with Gasteiger partial charge in [0.2, 0.25) is 0 Å². The highest BCUT2D eigenvalue weighted by Crippen LogP contribution is 2.41. The van der Waals surface area contributed by atoms with Crippen LogP contribution in [0.2, 0.25) is 0 Å². The topological polar surface area (TPSA) is 17.1 Å². The van der Waals surface area contributed by atoms with Gasteiger partial charge < -0.3 is 4.79 Å². The third-order valence-electron chi connectivity index (χ3n) is 3.74. The molecule has 0 aromatic heterocycles. The van der Waals surface area contributed by atoms with Gasteiger partial charge in [-0.05, 0) is 37.5 Å². The SMILES string of the molecule is CC1CC=C2CCCCC2C1C=O. The first-order chi connectivity index (χ1) is 6.33. The maximum absolute atomic E-state index is 11.0. The van der Waals surface area contributed by atoms with Crippen molar-refractivity contribution in [1.29, 1.82) is 0 Å². The zero-order valence-corrected chi connectivity index (χ0v) is 8.33. The molecule has 3 atom stereocenters. The summed E-state index contributed by atoms with van der Waals surface area (Å²) in [5, 5.41) is 0. The second-order valence-electron chi connectivity index (χ2n) is 4.56. The van der Waals surface area contributed by atoms with Gasteiger partial charge in [0, 0.05) is 5.92 Å². The molecule has 1 fully saturated rings. The summed E-state index contributed by atoms with van der Waals surface area (Å²) in [7, 11) is 0. The number of aldehydes is 1. The molecule has 13 heavy (non-hydrogen) atoms. The van der Waals surface area contributed by atoms with Crippen molar-refractivity contribution in [1.82, 2.24) is 0 Å². The van der Waals surface area contributed by atoms with E-state index in [0.29, 0.717) is 17.8 Å². The van der Waals surface area contributed by atoms with Gasteiger partial charge in [-0.1, -0.05) is 25.0 Å². The van der Waals surface area contributed by atoms with Crippen LogP contribution in [0.15, 0.2) is 11.6 Å². The van der Waals surface area contributed by atoms with Crippen LogP contribution >= 0.6 is 0 Å². The molecule has 0 aromatic rings. The van der Waals surface area contributed by atoms with E-state index in [1.807, 2.05) is 0 Å². The minimum atomic E-state index is 0.320. The fourth-order valence-corrected chi connectivity index (χ4v) is 2.88. The average molecular weight is 178 g/mol. The number of hydrogen-bond donors (Lipinski definition) is 0. The van der Waals surface area contributed by atoms with Gasteiger partial charge in [0.1, 0.15) is 6.29 Å². The lowest BCUT2D eigenvalue weighted by Crippen LogP contribution is -2.30. The van der Waals surface area contributed by atoms with Crippen LogP contribution in [-0.2, 0) is 4.79 Å². The second kappa shape index (κ2) is 3.65. The molecule has 0 amide bonds. The first-order valence-electron chi connectivity index (χ1n) is 5.47. The highest BCUT2D eigenvalue weighted by molar-refractivity contribution is 5.56. The first kappa shape index (κ1) is 8.98. The standard InChI is InChI=1S/C12H18O/c1-9-6-7-10-4-2-3-5-11(10)12(9)8-13/h7-9,11-12H,2-6H2,1H3. The summed E-state index contributed by atoms with van der Waals surface area (Å²) in [5.41, 5.74) is 1.58. The Balaban J connectivity index is 2.20. The van der Waals surface area contributed by atoms with Gasteiger partial charge in [-0.15, -0.1) is 0 Å². The molecule has 0 N–H and O–H groups in total. The normalized spacial score (nSPS) is 39.2. The molecule has 2 rings (SSSR count). The molecule has 2 aliphatic rings. The quantitative estimate of drug-likeness (QED) is 0.445. The van der Waals surface area contributed by atoms with E-state index in [9.17, 15) is 4.79 Å². The summed E-state index contributed by atoms with van der Waals surface area (Å²) in [6.07, 6.45) is 9.88. The van der Waals surface area contributed by atoms with Crippen LogP contribution < -0.4 is 0 Å². The van der Waals surface area contributed by atoms with E-state index in [-0.39, 0.29) is 0 Å². The smallest absolute Gasteiger partial charge is 0.123 e. The summed E-state index contributed by atoms with van der Waals surface area (Å²) in [6, 6.07) is 0. The molecule has 2 aliphatic carbocycles. The monoisotopic (exact) mass is 178 g/mol. The summed E-state index contributed by atoms with van der Waals surface area (Å²) in [6.45, 7) is 2.21. The van der Waals surface area contributed by atoms with Crippen LogP contribution in [0.4, 0.5) is 0 Å². The molecule has 1 heteroatoms. The number of hydrogen-bond acceptors (Lipinski definition) is 1. The third-order valence-corrected chi connectivity index (χ3v) is 3.74. The molecule has 0 aliphatic heterocycles. The van der Waals surface area contributed by atoms with E-state index < -0.39 is 0 Å². The van der Waals surface area contributed by atoms with E-state index in [1.165, 1.54) is 32.0 Å². The van der Waals surface area contributed by atoms with Crippen molar-refractivity contribution in [3.05, 3.63) is 11.6 Å². The summed E-state index contributed by atoms with van der Waals surface area (Å²) in [4.78, 5) is 11.0. The molecule has 0 saturated heterocycles. The average Bonchev–Trinajstić information content (AvgIpc) is 2.18. The summed E-state index contributed by atoms with van der Waals surface area (Å²) in [5.74, 6) is 1.50. The zero-order valence-electron chi connectivity index (χ0n) is 8.33. The molecule has 0 spiro atoms. The van der Waals surface area contributed by atoms with Crippen LogP contribution in [-0.4, -0.2) is 6.29 Å². The summed E-state index contributed by atoms with van der Waals surface area (Å²) < 4.78 is 0. The van der Waals surface area contributed by atoms with Crippen molar-refractivity contribution in [2.45, 2.75) is 39.0 Å². The highest BCUT2D eigenvalue weighted by Gasteiger charge is 2.33. The second-order valence-corrected chi connectivity index (χ2v) is 4.56. The van der Waals surface area contributed by atoms with E-state index >= 15 is 0 Å².